The Hall–Kier alpha value is -3.15. The Kier molecular flexibility index (Phi) is 5.41. The summed E-state index contributed by atoms with van der Waals surface area (Å²) in [6.45, 7) is 4.69. The molecule has 0 radical (unpaired) electrons. The Morgan fingerprint density at radius 2 is 1.72 bits per heavy atom. The molecule has 2 aromatic heterocycles. The number of hydrogen-bond acceptors (Lipinski definition) is 6. The molecule has 0 aliphatic heterocycles. The van der Waals surface area contributed by atoms with Crippen molar-refractivity contribution in [3.05, 3.63) is 66.6 Å². The summed E-state index contributed by atoms with van der Waals surface area (Å²) in [5, 5.41) is 6.47. The van der Waals surface area contributed by atoms with Crippen LogP contribution < -0.4 is 15.4 Å². The fourth-order valence-corrected chi connectivity index (χ4v) is 2.23. The van der Waals surface area contributed by atoms with E-state index < -0.39 is 0 Å². The van der Waals surface area contributed by atoms with Gasteiger partial charge in [-0.25, -0.2) is 4.98 Å². The van der Waals surface area contributed by atoms with E-state index in [4.69, 9.17) is 4.74 Å². The molecule has 0 amide bonds. The monoisotopic (exact) mass is 335 g/mol. The highest BCUT2D eigenvalue weighted by Crippen LogP contribution is 2.19. The third-order valence-electron chi connectivity index (χ3n) is 3.36. The van der Waals surface area contributed by atoms with Gasteiger partial charge in [-0.3, -0.25) is 4.98 Å². The Morgan fingerprint density at radius 1 is 0.960 bits per heavy atom. The van der Waals surface area contributed by atoms with Crippen molar-refractivity contribution in [3.8, 4) is 5.75 Å². The topological polar surface area (TPSA) is 72.0 Å². The quantitative estimate of drug-likeness (QED) is 0.679. The number of anilines is 3. The highest BCUT2D eigenvalue weighted by molar-refractivity contribution is 5.55. The number of pyridine rings is 1. The maximum Gasteiger partial charge on any atom is 0.229 e. The number of aromatic nitrogens is 3. The fraction of sp³-hybridized carbons (Fsp3) is 0.211. The van der Waals surface area contributed by atoms with Crippen molar-refractivity contribution in [2.45, 2.75) is 26.5 Å². The third kappa shape index (κ3) is 5.17. The molecule has 0 saturated heterocycles. The van der Waals surface area contributed by atoms with Crippen LogP contribution in [0, 0.1) is 0 Å². The van der Waals surface area contributed by atoms with Crippen molar-refractivity contribution in [1.29, 1.82) is 0 Å². The normalized spacial score (nSPS) is 10.5. The van der Waals surface area contributed by atoms with Gasteiger partial charge in [-0.1, -0.05) is 0 Å². The van der Waals surface area contributed by atoms with Gasteiger partial charge in [-0.15, -0.1) is 0 Å². The molecule has 0 bridgehead atoms. The minimum Gasteiger partial charge on any atom is -0.491 e. The van der Waals surface area contributed by atoms with Crippen molar-refractivity contribution < 1.29 is 4.74 Å². The molecule has 0 unspecified atom stereocenters. The summed E-state index contributed by atoms with van der Waals surface area (Å²) < 4.78 is 5.64. The molecule has 6 nitrogen and oxygen atoms in total. The zero-order valence-electron chi connectivity index (χ0n) is 14.3. The van der Waals surface area contributed by atoms with Crippen LogP contribution in [0.25, 0.3) is 0 Å². The molecule has 0 spiro atoms. The van der Waals surface area contributed by atoms with Crippen LogP contribution in [0.5, 0.6) is 5.75 Å². The summed E-state index contributed by atoms with van der Waals surface area (Å²) >= 11 is 0. The van der Waals surface area contributed by atoms with Crippen LogP contribution in [0.15, 0.2) is 61.1 Å². The molecule has 2 heterocycles. The van der Waals surface area contributed by atoms with Crippen LogP contribution in [0.4, 0.5) is 17.5 Å². The van der Waals surface area contributed by atoms with Gasteiger partial charge >= 0.3 is 0 Å². The fourth-order valence-electron chi connectivity index (χ4n) is 2.23. The minimum atomic E-state index is 0.158. The molecule has 0 aliphatic carbocycles. The van der Waals surface area contributed by atoms with Crippen LogP contribution in [0.3, 0.4) is 0 Å². The largest absolute Gasteiger partial charge is 0.491 e. The van der Waals surface area contributed by atoms with Gasteiger partial charge in [0.05, 0.1) is 6.10 Å². The van der Waals surface area contributed by atoms with Gasteiger partial charge < -0.3 is 15.4 Å². The highest BCUT2D eigenvalue weighted by Gasteiger charge is 2.02. The van der Waals surface area contributed by atoms with Crippen molar-refractivity contribution in [3.63, 3.8) is 0 Å². The van der Waals surface area contributed by atoms with Gasteiger partial charge in [-0.05, 0) is 61.9 Å². The van der Waals surface area contributed by atoms with E-state index in [-0.39, 0.29) is 6.10 Å². The summed E-state index contributed by atoms with van der Waals surface area (Å²) in [4.78, 5) is 12.7. The Bertz CT molecular complexity index is 790. The Morgan fingerprint density at radius 3 is 2.44 bits per heavy atom. The second-order valence-electron chi connectivity index (χ2n) is 5.79. The molecular formula is C19H21N5O. The first-order valence-corrected chi connectivity index (χ1v) is 8.18. The molecule has 2 N–H and O–H groups in total. The first-order chi connectivity index (χ1) is 12.2. The zero-order chi connectivity index (χ0) is 17.5. The van der Waals surface area contributed by atoms with E-state index in [1.165, 1.54) is 0 Å². The zero-order valence-corrected chi connectivity index (χ0v) is 14.3. The maximum atomic E-state index is 5.64. The van der Waals surface area contributed by atoms with Crippen molar-refractivity contribution in [2.24, 2.45) is 0 Å². The average Bonchev–Trinajstić information content (AvgIpc) is 2.62. The van der Waals surface area contributed by atoms with Crippen LogP contribution in [0.1, 0.15) is 19.4 Å². The number of rotatable bonds is 7. The maximum absolute atomic E-state index is 5.64. The lowest BCUT2D eigenvalue weighted by Gasteiger charge is -2.11. The third-order valence-corrected chi connectivity index (χ3v) is 3.36. The lowest BCUT2D eigenvalue weighted by Crippen LogP contribution is -2.05. The van der Waals surface area contributed by atoms with Gasteiger partial charge in [0.15, 0.2) is 0 Å². The molecule has 3 aromatic rings. The summed E-state index contributed by atoms with van der Waals surface area (Å²) in [5.41, 5.74) is 2.05. The van der Waals surface area contributed by atoms with E-state index in [2.05, 4.69) is 25.6 Å². The van der Waals surface area contributed by atoms with Gasteiger partial charge in [0.25, 0.3) is 0 Å². The lowest BCUT2D eigenvalue weighted by atomic mass is 10.3. The number of ether oxygens (including phenoxy) is 1. The molecule has 3 rings (SSSR count). The van der Waals surface area contributed by atoms with Gasteiger partial charge in [0.1, 0.15) is 11.6 Å². The smallest absolute Gasteiger partial charge is 0.229 e. The van der Waals surface area contributed by atoms with E-state index in [0.29, 0.717) is 12.5 Å². The molecule has 25 heavy (non-hydrogen) atoms. The minimum absolute atomic E-state index is 0.158. The van der Waals surface area contributed by atoms with E-state index in [1.54, 1.807) is 18.6 Å². The first kappa shape index (κ1) is 16.7. The summed E-state index contributed by atoms with van der Waals surface area (Å²) in [5.74, 6) is 2.14. The van der Waals surface area contributed by atoms with E-state index >= 15 is 0 Å². The van der Waals surface area contributed by atoms with Gasteiger partial charge in [0, 0.05) is 30.8 Å². The van der Waals surface area contributed by atoms with Crippen molar-refractivity contribution in [2.75, 3.05) is 10.6 Å². The van der Waals surface area contributed by atoms with Crippen LogP contribution in [0.2, 0.25) is 0 Å². The number of nitrogens with zero attached hydrogens (tertiary/aromatic N) is 3. The molecule has 128 valence electrons. The SMILES string of the molecule is CC(C)Oc1ccc(Nc2nccc(NCc3ccncc3)n2)cc1. The predicted octanol–water partition coefficient (Wildman–Crippen LogP) is 4.01. The summed E-state index contributed by atoms with van der Waals surface area (Å²) in [6.07, 6.45) is 5.43. The standard InChI is InChI=1S/C19H21N5O/c1-14(2)25-17-5-3-16(4-6-17)23-19-21-12-9-18(24-19)22-13-15-7-10-20-11-8-15/h3-12,14H,13H2,1-2H3,(H2,21,22,23,24). The first-order valence-electron chi connectivity index (χ1n) is 8.18. The van der Waals surface area contributed by atoms with E-state index in [1.807, 2.05) is 56.3 Å². The second kappa shape index (κ2) is 8.10. The highest BCUT2D eigenvalue weighted by atomic mass is 16.5. The Labute approximate surface area is 147 Å². The number of hydrogen-bond donors (Lipinski definition) is 2. The molecule has 1 aromatic carbocycles. The second-order valence-corrected chi connectivity index (χ2v) is 5.79. The molecule has 0 atom stereocenters. The number of benzene rings is 1. The molecule has 0 saturated carbocycles. The average molecular weight is 335 g/mol. The van der Waals surface area contributed by atoms with Crippen molar-refractivity contribution in [1.82, 2.24) is 15.0 Å². The predicted molar refractivity (Wildman–Crippen MR) is 99.1 cm³/mol. The molecule has 0 fully saturated rings. The molecular weight excluding hydrogens is 314 g/mol. The van der Waals surface area contributed by atoms with Crippen LogP contribution in [-0.4, -0.2) is 21.1 Å². The van der Waals surface area contributed by atoms with Crippen molar-refractivity contribution >= 4 is 17.5 Å². The van der Waals surface area contributed by atoms with Crippen LogP contribution in [-0.2, 0) is 6.54 Å². The molecule has 0 aliphatic rings. The summed E-state index contributed by atoms with van der Waals surface area (Å²) in [6, 6.07) is 13.5. The van der Waals surface area contributed by atoms with E-state index in [0.717, 1.165) is 22.8 Å². The Balaban J connectivity index is 1.61. The van der Waals surface area contributed by atoms with E-state index in [9.17, 15) is 0 Å². The lowest BCUT2D eigenvalue weighted by molar-refractivity contribution is 0.242. The van der Waals surface area contributed by atoms with Gasteiger partial charge in [0.2, 0.25) is 5.95 Å². The summed E-state index contributed by atoms with van der Waals surface area (Å²) in [7, 11) is 0. The number of nitrogens with one attached hydrogen (secondary N) is 2. The molecule has 6 heteroatoms. The van der Waals surface area contributed by atoms with Crippen LogP contribution >= 0.6 is 0 Å². The van der Waals surface area contributed by atoms with Gasteiger partial charge in [-0.2, -0.15) is 4.98 Å².